The predicted molar refractivity (Wildman–Crippen MR) is 67.3 cm³/mol. The van der Waals surface area contributed by atoms with Crippen LogP contribution >= 0.6 is 0 Å². The maximum atomic E-state index is 4.02. The number of hydrogen-bond acceptors (Lipinski definition) is 1. The van der Waals surface area contributed by atoms with Crippen molar-refractivity contribution in [2.75, 3.05) is 0 Å². The summed E-state index contributed by atoms with van der Waals surface area (Å²) in [7, 11) is 0. The van der Waals surface area contributed by atoms with Gasteiger partial charge >= 0.3 is 0 Å². The number of benzene rings is 1. The van der Waals surface area contributed by atoms with Crippen molar-refractivity contribution in [1.29, 1.82) is 0 Å². The van der Waals surface area contributed by atoms with E-state index in [2.05, 4.69) is 47.4 Å². The summed E-state index contributed by atoms with van der Waals surface area (Å²) in [6.07, 6.45) is 8.59. The third-order valence-electron chi connectivity index (χ3n) is 2.77. The van der Waals surface area contributed by atoms with Gasteiger partial charge < -0.3 is 0 Å². The molecule has 0 atom stereocenters. The summed E-state index contributed by atoms with van der Waals surface area (Å²) in [5.41, 5.74) is 2.83. The molecule has 0 N–H and O–H groups in total. The molecule has 82 valence electrons. The Morgan fingerprint density at radius 1 is 0.688 bits per heavy atom. The highest BCUT2D eigenvalue weighted by Gasteiger charge is 1.94. The van der Waals surface area contributed by atoms with E-state index in [1.165, 1.54) is 30.4 Å². The second-order valence-electron chi connectivity index (χ2n) is 4.05. The van der Waals surface area contributed by atoms with Crippen LogP contribution in [0.25, 0.3) is 0 Å². The minimum Gasteiger partial charge on any atom is -0.265 e. The first-order valence-electron chi connectivity index (χ1n) is 5.88. The van der Waals surface area contributed by atoms with Crippen molar-refractivity contribution in [3.8, 4) is 0 Å². The molecule has 0 spiro atoms. The van der Waals surface area contributed by atoms with E-state index < -0.39 is 0 Å². The SMILES string of the molecule is c1ccc(CCCCc2ccncc2)cc1. The molecule has 0 fully saturated rings. The Morgan fingerprint density at radius 3 is 1.88 bits per heavy atom. The van der Waals surface area contributed by atoms with Crippen molar-refractivity contribution in [1.82, 2.24) is 4.98 Å². The fraction of sp³-hybridized carbons (Fsp3) is 0.267. The van der Waals surface area contributed by atoms with Crippen LogP contribution < -0.4 is 0 Å². The standard InChI is InChI=1S/C15H17N/c1-2-6-14(7-3-1)8-4-5-9-15-10-12-16-13-11-15/h1-3,6-7,10-13H,4-5,8-9H2. The van der Waals surface area contributed by atoms with Crippen LogP contribution in [0.3, 0.4) is 0 Å². The van der Waals surface area contributed by atoms with Crippen molar-refractivity contribution < 1.29 is 0 Å². The van der Waals surface area contributed by atoms with Crippen LogP contribution in [-0.4, -0.2) is 4.98 Å². The number of nitrogens with zero attached hydrogens (tertiary/aromatic N) is 1. The van der Waals surface area contributed by atoms with Crippen LogP contribution in [0.15, 0.2) is 54.9 Å². The molecule has 1 aromatic carbocycles. The molecule has 0 aliphatic rings. The fourth-order valence-electron chi connectivity index (χ4n) is 1.85. The Hall–Kier alpha value is -1.63. The second kappa shape index (κ2) is 6.06. The van der Waals surface area contributed by atoms with Gasteiger partial charge in [-0.2, -0.15) is 0 Å². The molecular weight excluding hydrogens is 194 g/mol. The van der Waals surface area contributed by atoms with Gasteiger partial charge in [0.1, 0.15) is 0 Å². The van der Waals surface area contributed by atoms with Crippen LogP contribution in [0.1, 0.15) is 24.0 Å². The Kier molecular flexibility index (Phi) is 4.12. The first-order valence-corrected chi connectivity index (χ1v) is 5.88. The van der Waals surface area contributed by atoms with Gasteiger partial charge in [0.05, 0.1) is 0 Å². The summed E-state index contributed by atoms with van der Waals surface area (Å²) in [5, 5.41) is 0. The maximum Gasteiger partial charge on any atom is 0.0270 e. The fourth-order valence-corrected chi connectivity index (χ4v) is 1.85. The monoisotopic (exact) mass is 211 g/mol. The average Bonchev–Trinajstić information content (AvgIpc) is 2.37. The largest absolute Gasteiger partial charge is 0.265 e. The number of unbranched alkanes of at least 4 members (excludes halogenated alkanes) is 1. The molecule has 0 unspecified atom stereocenters. The summed E-state index contributed by atoms with van der Waals surface area (Å²) in [6, 6.07) is 14.9. The number of hydrogen-bond donors (Lipinski definition) is 0. The number of aryl methyl sites for hydroxylation is 2. The average molecular weight is 211 g/mol. The highest BCUT2D eigenvalue weighted by molar-refractivity contribution is 5.14. The Balaban J connectivity index is 1.70. The lowest BCUT2D eigenvalue weighted by molar-refractivity contribution is 0.734. The van der Waals surface area contributed by atoms with E-state index in [1.54, 1.807) is 0 Å². The van der Waals surface area contributed by atoms with E-state index in [9.17, 15) is 0 Å². The van der Waals surface area contributed by atoms with Crippen molar-refractivity contribution in [2.24, 2.45) is 0 Å². The highest BCUT2D eigenvalue weighted by Crippen LogP contribution is 2.08. The first-order chi connectivity index (χ1) is 7.95. The van der Waals surface area contributed by atoms with Gasteiger partial charge in [-0.25, -0.2) is 0 Å². The minimum atomic E-state index is 1.16. The lowest BCUT2D eigenvalue weighted by Gasteiger charge is -2.02. The topological polar surface area (TPSA) is 12.9 Å². The predicted octanol–water partition coefficient (Wildman–Crippen LogP) is 3.65. The zero-order valence-electron chi connectivity index (χ0n) is 9.47. The van der Waals surface area contributed by atoms with E-state index in [0.29, 0.717) is 0 Å². The molecule has 0 saturated heterocycles. The van der Waals surface area contributed by atoms with E-state index in [4.69, 9.17) is 0 Å². The second-order valence-corrected chi connectivity index (χ2v) is 4.05. The molecule has 1 nitrogen and oxygen atoms in total. The van der Waals surface area contributed by atoms with Crippen LogP contribution in [0.5, 0.6) is 0 Å². The Bertz CT molecular complexity index is 353. The molecule has 1 heterocycles. The third kappa shape index (κ3) is 3.50. The molecule has 2 aromatic rings. The molecule has 0 saturated carbocycles. The van der Waals surface area contributed by atoms with Gasteiger partial charge in [0, 0.05) is 12.4 Å². The van der Waals surface area contributed by atoms with Crippen LogP contribution in [-0.2, 0) is 12.8 Å². The number of aromatic nitrogens is 1. The smallest absolute Gasteiger partial charge is 0.0270 e. The van der Waals surface area contributed by atoms with Crippen molar-refractivity contribution >= 4 is 0 Å². The first kappa shape index (κ1) is 10.9. The van der Waals surface area contributed by atoms with Crippen LogP contribution in [0, 0.1) is 0 Å². The van der Waals surface area contributed by atoms with Gasteiger partial charge in [0.2, 0.25) is 0 Å². The van der Waals surface area contributed by atoms with Gasteiger partial charge in [-0.15, -0.1) is 0 Å². The molecule has 16 heavy (non-hydrogen) atoms. The van der Waals surface area contributed by atoms with E-state index in [-0.39, 0.29) is 0 Å². The van der Waals surface area contributed by atoms with E-state index >= 15 is 0 Å². The third-order valence-corrected chi connectivity index (χ3v) is 2.77. The van der Waals surface area contributed by atoms with Gasteiger partial charge in [-0.1, -0.05) is 30.3 Å². The van der Waals surface area contributed by atoms with Crippen molar-refractivity contribution in [3.63, 3.8) is 0 Å². The zero-order chi connectivity index (χ0) is 11.1. The Labute approximate surface area is 97.2 Å². The molecule has 1 aromatic heterocycles. The zero-order valence-corrected chi connectivity index (χ0v) is 9.47. The molecule has 0 aliphatic carbocycles. The molecule has 2 rings (SSSR count). The summed E-state index contributed by atoms with van der Waals surface area (Å²) >= 11 is 0. The molecular formula is C15H17N. The highest BCUT2D eigenvalue weighted by atomic mass is 14.6. The van der Waals surface area contributed by atoms with Gasteiger partial charge in [-0.05, 0) is 48.9 Å². The normalized spacial score (nSPS) is 10.2. The van der Waals surface area contributed by atoms with E-state index in [1.807, 2.05) is 12.4 Å². The summed E-state index contributed by atoms with van der Waals surface area (Å²) in [5.74, 6) is 0. The van der Waals surface area contributed by atoms with Gasteiger partial charge in [0.25, 0.3) is 0 Å². The minimum absolute atomic E-state index is 1.16. The van der Waals surface area contributed by atoms with Gasteiger partial charge in [0.15, 0.2) is 0 Å². The van der Waals surface area contributed by atoms with E-state index in [0.717, 1.165) is 6.42 Å². The molecule has 0 aliphatic heterocycles. The summed E-state index contributed by atoms with van der Waals surface area (Å²) < 4.78 is 0. The quantitative estimate of drug-likeness (QED) is 0.688. The number of rotatable bonds is 5. The van der Waals surface area contributed by atoms with Crippen LogP contribution in [0.2, 0.25) is 0 Å². The number of pyridine rings is 1. The molecule has 1 heteroatoms. The Morgan fingerprint density at radius 2 is 1.25 bits per heavy atom. The lowest BCUT2D eigenvalue weighted by atomic mass is 10.0. The summed E-state index contributed by atoms with van der Waals surface area (Å²) in [4.78, 5) is 4.02. The van der Waals surface area contributed by atoms with Gasteiger partial charge in [-0.3, -0.25) is 4.98 Å². The molecule has 0 radical (unpaired) electrons. The maximum absolute atomic E-state index is 4.02. The summed E-state index contributed by atoms with van der Waals surface area (Å²) in [6.45, 7) is 0. The molecule has 0 bridgehead atoms. The molecule has 0 amide bonds. The van der Waals surface area contributed by atoms with Crippen molar-refractivity contribution in [3.05, 3.63) is 66.0 Å². The van der Waals surface area contributed by atoms with Crippen LogP contribution in [0.4, 0.5) is 0 Å². The van der Waals surface area contributed by atoms with Crippen molar-refractivity contribution in [2.45, 2.75) is 25.7 Å². The lowest BCUT2D eigenvalue weighted by Crippen LogP contribution is -1.89.